The molecule has 19 heavy (non-hydrogen) atoms. The van der Waals surface area contributed by atoms with Gasteiger partial charge in [-0.25, -0.2) is 9.67 Å². The molecule has 0 fully saturated rings. The highest BCUT2D eigenvalue weighted by molar-refractivity contribution is 6.17. The maximum atomic E-state index is 11.7. The standard InChI is InChI=1S/C12H18ClN5O/c1-5-17-10-9(7(2)16-17)15-8(6-13)18(10)12(3,4)11(14)19/h5-6H2,1-4H3,(H2,14,19). The average Bonchev–Trinajstić information content (AvgIpc) is 2.87. The van der Waals surface area contributed by atoms with Crippen LogP contribution in [0.15, 0.2) is 0 Å². The second-order valence-electron chi connectivity index (χ2n) is 4.99. The second kappa shape index (κ2) is 4.52. The van der Waals surface area contributed by atoms with Crippen LogP contribution < -0.4 is 5.73 Å². The van der Waals surface area contributed by atoms with Crippen LogP contribution in [0.4, 0.5) is 0 Å². The van der Waals surface area contributed by atoms with Crippen molar-refractivity contribution in [3.63, 3.8) is 0 Å². The topological polar surface area (TPSA) is 78.7 Å². The molecule has 0 saturated heterocycles. The SMILES string of the molecule is CCn1nc(C)c2nc(CCl)n(C(C)(C)C(N)=O)c21. The number of amides is 1. The van der Waals surface area contributed by atoms with Crippen LogP contribution in [0.1, 0.15) is 32.3 Å². The zero-order valence-corrected chi connectivity index (χ0v) is 12.3. The number of aromatic nitrogens is 4. The van der Waals surface area contributed by atoms with Gasteiger partial charge in [0.25, 0.3) is 0 Å². The number of aryl methyl sites for hydroxylation is 2. The molecule has 0 saturated carbocycles. The van der Waals surface area contributed by atoms with Crippen molar-refractivity contribution in [1.82, 2.24) is 19.3 Å². The molecule has 2 aromatic heterocycles. The number of rotatable bonds is 4. The summed E-state index contributed by atoms with van der Waals surface area (Å²) in [7, 11) is 0. The highest BCUT2D eigenvalue weighted by Gasteiger charge is 2.33. The van der Waals surface area contributed by atoms with Crippen molar-refractivity contribution in [3.05, 3.63) is 11.5 Å². The van der Waals surface area contributed by atoms with E-state index < -0.39 is 11.4 Å². The van der Waals surface area contributed by atoms with E-state index in [1.165, 1.54) is 0 Å². The summed E-state index contributed by atoms with van der Waals surface area (Å²) in [5, 5.41) is 4.42. The highest BCUT2D eigenvalue weighted by Crippen LogP contribution is 2.28. The molecule has 0 aliphatic carbocycles. The van der Waals surface area contributed by atoms with Crippen molar-refractivity contribution in [2.24, 2.45) is 5.73 Å². The monoisotopic (exact) mass is 283 g/mol. The minimum absolute atomic E-state index is 0.217. The van der Waals surface area contributed by atoms with E-state index in [1.807, 2.05) is 18.5 Å². The van der Waals surface area contributed by atoms with Gasteiger partial charge < -0.3 is 5.73 Å². The summed E-state index contributed by atoms with van der Waals surface area (Å²) in [6, 6.07) is 0. The lowest BCUT2D eigenvalue weighted by Gasteiger charge is -2.25. The lowest BCUT2D eigenvalue weighted by molar-refractivity contribution is -0.125. The molecule has 0 radical (unpaired) electrons. The fraction of sp³-hybridized carbons (Fsp3) is 0.583. The minimum Gasteiger partial charge on any atom is -0.368 e. The molecule has 6 nitrogen and oxygen atoms in total. The Hall–Kier alpha value is -1.56. The van der Waals surface area contributed by atoms with Gasteiger partial charge in [0.1, 0.15) is 16.9 Å². The van der Waals surface area contributed by atoms with E-state index in [4.69, 9.17) is 17.3 Å². The summed E-state index contributed by atoms with van der Waals surface area (Å²) >= 11 is 5.95. The molecule has 2 aromatic rings. The third-order valence-electron chi connectivity index (χ3n) is 3.36. The van der Waals surface area contributed by atoms with Crippen LogP contribution in [-0.4, -0.2) is 25.2 Å². The van der Waals surface area contributed by atoms with E-state index in [2.05, 4.69) is 10.1 Å². The molecular formula is C12H18ClN5O. The molecule has 7 heteroatoms. The van der Waals surface area contributed by atoms with Gasteiger partial charge in [-0.15, -0.1) is 11.6 Å². The summed E-state index contributed by atoms with van der Waals surface area (Å²) in [4.78, 5) is 16.2. The van der Waals surface area contributed by atoms with Crippen molar-refractivity contribution >= 4 is 28.7 Å². The smallest absolute Gasteiger partial charge is 0.243 e. The number of hydrogen-bond acceptors (Lipinski definition) is 3. The van der Waals surface area contributed by atoms with Gasteiger partial charge in [0.05, 0.1) is 11.6 Å². The molecule has 2 N–H and O–H groups in total. The number of primary amides is 1. The summed E-state index contributed by atoms with van der Waals surface area (Å²) < 4.78 is 3.61. The lowest BCUT2D eigenvalue weighted by atomic mass is 10.0. The van der Waals surface area contributed by atoms with Gasteiger partial charge in [-0.2, -0.15) is 5.10 Å². The van der Waals surface area contributed by atoms with E-state index in [9.17, 15) is 4.79 Å². The molecule has 0 aromatic carbocycles. The predicted octanol–water partition coefficient (Wildman–Crippen LogP) is 1.52. The van der Waals surface area contributed by atoms with E-state index >= 15 is 0 Å². The molecule has 2 heterocycles. The average molecular weight is 284 g/mol. The van der Waals surface area contributed by atoms with E-state index in [1.54, 1.807) is 18.4 Å². The number of nitrogens with zero attached hydrogens (tertiary/aromatic N) is 4. The van der Waals surface area contributed by atoms with E-state index in [0.717, 1.165) is 16.9 Å². The first-order valence-corrected chi connectivity index (χ1v) is 6.69. The fourth-order valence-corrected chi connectivity index (χ4v) is 2.40. The molecule has 2 rings (SSSR count). The molecule has 0 spiro atoms. The number of fused-ring (bicyclic) bond motifs is 1. The minimum atomic E-state index is -0.904. The molecule has 104 valence electrons. The van der Waals surface area contributed by atoms with Crippen molar-refractivity contribution in [2.45, 2.75) is 45.7 Å². The molecular weight excluding hydrogens is 266 g/mol. The van der Waals surface area contributed by atoms with Crippen LogP contribution in [-0.2, 0) is 22.8 Å². The van der Waals surface area contributed by atoms with Gasteiger partial charge in [0, 0.05) is 6.54 Å². The Balaban J connectivity index is 2.87. The zero-order valence-electron chi connectivity index (χ0n) is 11.6. The predicted molar refractivity (Wildman–Crippen MR) is 74.0 cm³/mol. The molecule has 0 aliphatic rings. The Labute approximate surface area is 116 Å². The number of imidazole rings is 1. The first-order chi connectivity index (χ1) is 8.84. The Bertz CT molecular complexity index is 640. The van der Waals surface area contributed by atoms with Gasteiger partial charge in [-0.1, -0.05) is 0 Å². The van der Waals surface area contributed by atoms with E-state index in [-0.39, 0.29) is 5.88 Å². The molecule has 0 bridgehead atoms. The van der Waals surface area contributed by atoms with Gasteiger partial charge >= 0.3 is 0 Å². The number of nitrogens with two attached hydrogens (primary N) is 1. The Morgan fingerprint density at radius 1 is 1.47 bits per heavy atom. The van der Waals surface area contributed by atoms with Crippen molar-refractivity contribution < 1.29 is 4.79 Å². The number of alkyl halides is 1. The molecule has 0 aliphatic heterocycles. The number of hydrogen-bond donors (Lipinski definition) is 1. The Kier molecular flexibility index (Phi) is 3.30. The number of carbonyl (C=O) groups is 1. The van der Waals surface area contributed by atoms with Gasteiger partial charge in [-0.05, 0) is 27.7 Å². The third kappa shape index (κ3) is 1.90. The maximum absolute atomic E-state index is 11.7. The lowest BCUT2D eigenvalue weighted by Crippen LogP contribution is -2.42. The van der Waals surface area contributed by atoms with E-state index in [0.29, 0.717) is 12.4 Å². The maximum Gasteiger partial charge on any atom is 0.243 e. The summed E-state index contributed by atoms with van der Waals surface area (Å²) in [5.74, 6) is 0.414. The van der Waals surface area contributed by atoms with Crippen LogP contribution in [0.2, 0.25) is 0 Å². The largest absolute Gasteiger partial charge is 0.368 e. The first-order valence-electron chi connectivity index (χ1n) is 6.15. The van der Waals surface area contributed by atoms with Crippen LogP contribution in [0, 0.1) is 6.92 Å². The van der Waals surface area contributed by atoms with Crippen LogP contribution in [0.3, 0.4) is 0 Å². The van der Waals surface area contributed by atoms with Crippen LogP contribution >= 0.6 is 11.6 Å². The van der Waals surface area contributed by atoms with Crippen molar-refractivity contribution in [1.29, 1.82) is 0 Å². The number of halogens is 1. The van der Waals surface area contributed by atoms with Crippen molar-refractivity contribution in [3.8, 4) is 0 Å². The number of carbonyl (C=O) groups excluding carboxylic acids is 1. The van der Waals surface area contributed by atoms with Crippen LogP contribution in [0.25, 0.3) is 11.2 Å². The molecule has 1 amide bonds. The Morgan fingerprint density at radius 2 is 2.11 bits per heavy atom. The van der Waals surface area contributed by atoms with Gasteiger partial charge in [-0.3, -0.25) is 9.36 Å². The molecule has 0 atom stereocenters. The second-order valence-corrected chi connectivity index (χ2v) is 5.26. The summed E-state index contributed by atoms with van der Waals surface area (Å²) in [6.07, 6.45) is 0. The zero-order chi connectivity index (χ0) is 14.4. The summed E-state index contributed by atoms with van der Waals surface area (Å²) in [6.45, 7) is 8.08. The first kappa shape index (κ1) is 13.9. The normalized spacial score (nSPS) is 12.3. The van der Waals surface area contributed by atoms with Gasteiger partial charge in [0.2, 0.25) is 5.91 Å². The highest BCUT2D eigenvalue weighted by atomic mass is 35.5. The Morgan fingerprint density at radius 3 is 2.58 bits per heavy atom. The fourth-order valence-electron chi connectivity index (χ4n) is 2.22. The quantitative estimate of drug-likeness (QED) is 0.864. The van der Waals surface area contributed by atoms with Crippen molar-refractivity contribution in [2.75, 3.05) is 0 Å². The summed E-state index contributed by atoms with van der Waals surface area (Å²) in [5.41, 5.74) is 6.99. The van der Waals surface area contributed by atoms with Crippen LogP contribution in [0.5, 0.6) is 0 Å². The third-order valence-corrected chi connectivity index (χ3v) is 3.60. The molecule has 0 unspecified atom stereocenters. The van der Waals surface area contributed by atoms with Gasteiger partial charge in [0.15, 0.2) is 5.65 Å².